The van der Waals surface area contributed by atoms with E-state index in [-0.39, 0.29) is 11.3 Å². The second-order valence-electron chi connectivity index (χ2n) is 2.57. The van der Waals surface area contributed by atoms with E-state index in [1.807, 2.05) is 0 Å². The second kappa shape index (κ2) is 3.87. The maximum atomic E-state index is 12.8. The number of carboxylic acid groups (broad SMARTS) is 1. The number of esters is 1. The summed E-state index contributed by atoms with van der Waals surface area (Å²) in [6.07, 6.45) is 0. The van der Waals surface area contributed by atoms with Gasteiger partial charge in [0.25, 0.3) is 0 Å². The summed E-state index contributed by atoms with van der Waals surface area (Å²) in [4.78, 5) is 21.0. The maximum Gasteiger partial charge on any atom is 0.335 e. The number of hydrogen-bond donors (Lipinski definition) is 1. The summed E-state index contributed by atoms with van der Waals surface area (Å²) in [5.74, 6) is -2.79. The highest BCUT2D eigenvalue weighted by Crippen LogP contribution is 2.16. The van der Waals surface area contributed by atoms with Crippen LogP contribution in [0.4, 0.5) is 4.39 Å². The fourth-order valence-corrected chi connectivity index (χ4v) is 0.911. The molecule has 0 amide bonds. The Hall–Kier alpha value is -1.91. The molecule has 0 bridgehead atoms. The van der Waals surface area contributed by atoms with Crippen molar-refractivity contribution in [3.8, 4) is 5.75 Å². The maximum absolute atomic E-state index is 12.8. The molecule has 0 aliphatic rings. The van der Waals surface area contributed by atoms with Crippen LogP contribution in [0.2, 0.25) is 0 Å². The molecular formula is C9H7FO4. The zero-order valence-electron chi connectivity index (χ0n) is 7.28. The van der Waals surface area contributed by atoms with Crippen molar-refractivity contribution in [2.75, 3.05) is 0 Å². The van der Waals surface area contributed by atoms with Crippen LogP contribution in [0.3, 0.4) is 0 Å². The van der Waals surface area contributed by atoms with Crippen molar-refractivity contribution in [3.05, 3.63) is 29.6 Å². The molecule has 0 spiro atoms. The number of ether oxygens (including phenoxy) is 1. The van der Waals surface area contributed by atoms with E-state index in [2.05, 4.69) is 4.74 Å². The van der Waals surface area contributed by atoms with Crippen LogP contribution < -0.4 is 4.74 Å². The van der Waals surface area contributed by atoms with E-state index in [9.17, 15) is 14.0 Å². The van der Waals surface area contributed by atoms with Crippen molar-refractivity contribution in [1.29, 1.82) is 0 Å². The molecule has 1 rings (SSSR count). The first-order valence-electron chi connectivity index (χ1n) is 3.71. The smallest absolute Gasteiger partial charge is 0.335 e. The summed E-state index contributed by atoms with van der Waals surface area (Å²) in [5.41, 5.74) is -0.263. The number of hydrogen-bond acceptors (Lipinski definition) is 3. The van der Waals surface area contributed by atoms with Gasteiger partial charge in [0.15, 0.2) is 0 Å². The van der Waals surface area contributed by atoms with Gasteiger partial charge in [0.05, 0.1) is 5.56 Å². The zero-order chi connectivity index (χ0) is 10.7. The largest absolute Gasteiger partial charge is 0.478 e. The molecule has 0 saturated heterocycles. The Kier molecular flexibility index (Phi) is 2.81. The van der Waals surface area contributed by atoms with Gasteiger partial charge in [-0.3, -0.25) is 4.79 Å². The van der Waals surface area contributed by atoms with Crippen LogP contribution in [0.5, 0.6) is 5.75 Å². The number of aromatic carboxylic acids is 1. The molecule has 4 nitrogen and oxygen atoms in total. The minimum atomic E-state index is -1.28. The fraction of sp³-hybridized carbons (Fsp3) is 0.111. The third-order valence-corrected chi connectivity index (χ3v) is 1.38. The highest BCUT2D eigenvalue weighted by atomic mass is 19.1. The number of carbonyl (C=O) groups is 2. The van der Waals surface area contributed by atoms with E-state index < -0.39 is 17.8 Å². The van der Waals surface area contributed by atoms with Gasteiger partial charge >= 0.3 is 11.9 Å². The van der Waals surface area contributed by atoms with Crippen LogP contribution in [-0.4, -0.2) is 17.0 Å². The molecule has 0 radical (unpaired) electrons. The summed E-state index contributed by atoms with van der Waals surface area (Å²) in [7, 11) is 0. The van der Waals surface area contributed by atoms with Crippen molar-refractivity contribution in [1.82, 2.24) is 0 Å². The third-order valence-electron chi connectivity index (χ3n) is 1.38. The van der Waals surface area contributed by atoms with Crippen molar-refractivity contribution in [2.45, 2.75) is 6.92 Å². The molecule has 0 heterocycles. The average molecular weight is 198 g/mol. The first kappa shape index (κ1) is 10.2. The normalized spacial score (nSPS) is 9.57. The van der Waals surface area contributed by atoms with Gasteiger partial charge in [0.2, 0.25) is 0 Å². The Bertz CT molecular complexity index is 386. The lowest BCUT2D eigenvalue weighted by Crippen LogP contribution is -2.04. The number of carboxylic acids is 1. The van der Waals surface area contributed by atoms with Crippen LogP contribution in [0.15, 0.2) is 18.2 Å². The lowest BCUT2D eigenvalue weighted by atomic mass is 10.2. The van der Waals surface area contributed by atoms with Crippen molar-refractivity contribution in [2.24, 2.45) is 0 Å². The van der Waals surface area contributed by atoms with E-state index in [0.717, 1.165) is 25.1 Å². The molecule has 1 aromatic rings. The van der Waals surface area contributed by atoms with Crippen molar-refractivity contribution < 1.29 is 23.8 Å². The Labute approximate surface area is 78.9 Å². The van der Waals surface area contributed by atoms with Crippen molar-refractivity contribution in [3.63, 3.8) is 0 Å². The van der Waals surface area contributed by atoms with Gasteiger partial charge in [-0.15, -0.1) is 0 Å². The molecule has 0 aromatic heterocycles. The summed E-state index contributed by atoms with van der Waals surface area (Å²) in [6, 6.07) is 2.86. The van der Waals surface area contributed by atoms with Crippen molar-refractivity contribution >= 4 is 11.9 Å². The lowest BCUT2D eigenvalue weighted by Gasteiger charge is -2.02. The fourth-order valence-electron chi connectivity index (χ4n) is 0.911. The molecule has 0 atom stereocenters. The van der Waals surface area contributed by atoms with Gasteiger partial charge in [-0.05, 0) is 12.1 Å². The van der Waals surface area contributed by atoms with Crippen LogP contribution in [-0.2, 0) is 4.79 Å². The van der Waals surface area contributed by atoms with E-state index in [1.165, 1.54) is 0 Å². The minimum absolute atomic E-state index is 0.116. The molecule has 1 N–H and O–H groups in total. The molecule has 1 aromatic carbocycles. The predicted molar refractivity (Wildman–Crippen MR) is 44.7 cm³/mol. The summed E-state index contributed by atoms with van der Waals surface area (Å²) < 4.78 is 17.3. The number of halogens is 1. The third kappa shape index (κ3) is 2.55. The average Bonchev–Trinajstić information content (AvgIpc) is 2.01. The molecule has 0 fully saturated rings. The van der Waals surface area contributed by atoms with Crippen LogP contribution in [0.25, 0.3) is 0 Å². The van der Waals surface area contributed by atoms with Crippen LogP contribution in [0, 0.1) is 5.82 Å². The Morgan fingerprint density at radius 2 is 2.00 bits per heavy atom. The first-order chi connectivity index (χ1) is 6.49. The van der Waals surface area contributed by atoms with Crippen LogP contribution >= 0.6 is 0 Å². The lowest BCUT2D eigenvalue weighted by molar-refractivity contribution is -0.131. The topological polar surface area (TPSA) is 63.6 Å². The Morgan fingerprint density at radius 1 is 1.36 bits per heavy atom. The Morgan fingerprint density at radius 3 is 2.50 bits per heavy atom. The highest BCUT2D eigenvalue weighted by molar-refractivity contribution is 5.88. The van der Waals surface area contributed by atoms with E-state index in [4.69, 9.17) is 5.11 Å². The molecular weight excluding hydrogens is 191 g/mol. The summed E-state index contributed by atoms with van der Waals surface area (Å²) in [6.45, 7) is 1.14. The summed E-state index contributed by atoms with van der Waals surface area (Å²) in [5, 5.41) is 8.56. The molecule has 5 heteroatoms. The van der Waals surface area contributed by atoms with Gasteiger partial charge in [-0.25, -0.2) is 9.18 Å². The number of rotatable bonds is 2. The van der Waals surface area contributed by atoms with Gasteiger partial charge in [-0.2, -0.15) is 0 Å². The minimum Gasteiger partial charge on any atom is -0.478 e. The molecule has 74 valence electrons. The predicted octanol–water partition coefficient (Wildman–Crippen LogP) is 1.45. The van der Waals surface area contributed by atoms with Crippen LogP contribution in [0.1, 0.15) is 17.3 Å². The monoisotopic (exact) mass is 198 g/mol. The SMILES string of the molecule is CC(=O)Oc1cc(F)cc(C(=O)O)c1. The Balaban J connectivity index is 3.07. The van der Waals surface area contributed by atoms with Gasteiger partial charge < -0.3 is 9.84 Å². The van der Waals surface area contributed by atoms with E-state index in [1.54, 1.807) is 0 Å². The standard InChI is InChI=1S/C9H7FO4/c1-5(11)14-8-3-6(9(12)13)2-7(10)4-8/h2-4H,1H3,(H,12,13). The molecule has 0 aliphatic carbocycles. The van der Waals surface area contributed by atoms with E-state index >= 15 is 0 Å². The molecule has 0 saturated carbocycles. The molecule has 14 heavy (non-hydrogen) atoms. The quantitative estimate of drug-likeness (QED) is 0.577. The second-order valence-corrected chi connectivity index (χ2v) is 2.57. The van der Waals surface area contributed by atoms with E-state index in [0.29, 0.717) is 0 Å². The summed E-state index contributed by atoms with van der Waals surface area (Å²) >= 11 is 0. The zero-order valence-corrected chi connectivity index (χ0v) is 7.28. The van der Waals surface area contributed by atoms with Gasteiger partial charge in [-0.1, -0.05) is 0 Å². The highest BCUT2D eigenvalue weighted by Gasteiger charge is 2.08. The van der Waals surface area contributed by atoms with Gasteiger partial charge in [0, 0.05) is 13.0 Å². The van der Waals surface area contributed by atoms with Gasteiger partial charge in [0.1, 0.15) is 11.6 Å². The molecule has 0 aliphatic heterocycles. The first-order valence-corrected chi connectivity index (χ1v) is 3.71. The molecule has 0 unspecified atom stereocenters. The number of benzene rings is 1. The number of carbonyl (C=O) groups excluding carboxylic acids is 1.